The van der Waals surface area contributed by atoms with Crippen LogP contribution in [0.15, 0.2) is 78.9 Å². The summed E-state index contributed by atoms with van der Waals surface area (Å²) in [6.45, 7) is 8.21. The molecule has 10 nitrogen and oxygen atoms in total. The third-order valence-corrected chi connectivity index (χ3v) is 8.99. The Morgan fingerprint density at radius 3 is 2.35 bits per heavy atom. The number of nitrogens with zero attached hydrogens (tertiary/aromatic N) is 1. The van der Waals surface area contributed by atoms with Crippen molar-refractivity contribution in [2.75, 3.05) is 39.5 Å². The molecule has 0 spiro atoms. The van der Waals surface area contributed by atoms with Crippen molar-refractivity contribution in [3.63, 3.8) is 0 Å². The summed E-state index contributed by atoms with van der Waals surface area (Å²) in [5.41, 5.74) is 3.74. The number of alkyl carbamates (subject to hydrolysis) is 1. The number of fused-ring (bicyclic) bond motifs is 1. The zero-order valence-electron chi connectivity index (χ0n) is 27.9. The first-order chi connectivity index (χ1) is 23.2. The normalized spacial score (nSPS) is 19.6. The van der Waals surface area contributed by atoms with Gasteiger partial charge >= 0.3 is 6.09 Å². The molecule has 258 valence electrons. The Labute approximate surface area is 283 Å². The summed E-state index contributed by atoms with van der Waals surface area (Å²) in [5, 5.41) is 28.4. The monoisotopic (exact) mass is 659 g/mol. The number of carbonyl (C=O) groups is 2. The molecule has 1 saturated heterocycles. The molecule has 3 aromatic carbocycles. The van der Waals surface area contributed by atoms with Gasteiger partial charge in [-0.3, -0.25) is 9.69 Å². The summed E-state index contributed by atoms with van der Waals surface area (Å²) in [5.74, 6) is -0.187. The van der Waals surface area contributed by atoms with Crippen LogP contribution in [0.3, 0.4) is 0 Å². The predicted octanol–water partition coefficient (Wildman–Crippen LogP) is 3.83. The third kappa shape index (κ3) is 10.3. The maximum Gasteiger partial charge on any atom is 0.407 e. The van der Waals surface area contributed by atoms with Crippen LogP contribution in [0.25, 0.3) is 0 Å². The lowest BCUT2D eigenvalue weighted by atomic mass is 9.88. The fraction of sp³-hybridized carbons (Fsp3) is 0.474. The minimum absolute atomic E-state index is 0.0769. The molecule has 2 amide bonds. The van der Waals surface area contributed by atoms with Crippen molar-refractivity contribution in [2.24, 2.45) is 5.92 Å². The minimum Gasteiger partial charge on any atom is -0.492 e. The summed E-state index contributed by atoms with van der Waals surface area (Å²) >= 11 is 0. The van der Waals surface area contributed by atoms with Crippen molar-refractivity contribution in [1.82, 2.24) is 15.5 Å². The molecule has 0 radical (unpaired) electrons. The Kier molecular flexibility index (Phi) is 12.8. The number of morpholine rings is 1. The van der Waals surface area contributed by atoms with Gasteiger partial charge in [0.1, 0.15) is 12.4 Å². The lowest BCUT2D eigenvalue weighted by molar-refractivity contribution is -0.127. The number of hydrogen-bond acceptors (Lipinski definition) is 8. The van der Waals surface area contributed by atoms with Crippen molar-refractivity contribution >= 4 is 12.0 Å². The molecule has 5 unspecified atom stereocenters. The zero-order valence-corrected chi connectivity index (χ0v) is 27.9. The van der Waals surface area contributed by atoms with Gasteiger partial charge in [-0.25, -0.2) is 4.79 Å². The number of rotatable bonds is 15. The van der Waals surface area contributed by atoms with Gasteiger partial charge in [0.05, 0.1) is 43.6 Å². The van der Waals surface area contributed by atoms with Crippen molar-refractivity contribution in [3.05, 3.63) is 101 Å². The quantitative estimate of drug-likeness (QED) is 0.194. The molecule has 1 heterocycles. The molecule has 0 saturated carbocycles. The highest BCUT2D eigenvalue weighted by atomic mass is 16.6. The number of carbonyl (C=O) groups excluding carboxylic acids is 2. The highest BCUT2D eigenvalue weighted by Crippen LogP contribution is 2.32. The summed E-state index contributed by atoms with van der Waals surface area (Å²) < 4.78 is 16.7. The number of ether oxygens (including phenoxy) is 3. The van der Waals surface area contributed by atoms with Crippen molar-refractivity contribution in [3.8, 4) is 5.75 Å². The van der Waals surface area contributed by atoms with Gasteiger partial charge in [-0.05, 0) is 67.5 Å². The maximum atomic E-state index is 14.0. The average molecular weight is 660 g/mol. The van der Waals surface area contributed by atoms with E-state index < -0.39 is 36.3 Å². The number of nitrogens with one attached hydrogen (secondary N) is 2. The summed E-state index contributed by atoms with van der Waals surface area (Å²) in [6.07, 6.45) is -1.53. The van der Waals surface area contributed by atoms with E-state index in [2.05, 4.69) is 15.5 Å². The van der Waals surface area contributed by atoms with Gasteiger partial charge in [-0.2, -0.15) is 0 Å². The molecule has 5 atom stereocenters. The van der Waals surface area contributed by atoms with Crippen LogP contribution in [-0.4, -0.2) is 90.9 Å². The smallest absolute Gasteiger partial charge is 0.407 e. The van der Waals surface area contributed by atoms with Crippen LogP contribution in [0.5, 0.6) is 5.75 Å². The lowest BCUT2D eigenvalue weighted by Gasteiger charge is -2.29. The second-order valence-electron chi connectivity index (χ2n) is 13.0. The lowest BCUT2D eigenvalue weighted by Crippen LogP contribution is -2.48. The Bertz CT molecular complexity index is 1450. The van der Waals surface area contributed by atoms with Crippen molar-refractivity contribution < 1.29 is 34.0 Å². The van der Waals surface area contributed by atoms with E-state index in [1.165, 1.54) is 0 Å². The van der Waals surface area contributed by atoms with Gasteiger partial charge in [-0.15, -0.1) is 0 Å². The largest absolute Gasteiger partial charge is 0.492 e. The van der Waals surface area contributed by atoms with Crippen LogP contribution < -0.4 is 15.4 Å². The zero-order chi connectivity index (χ0) is 33.9. The Balaban J connectivity index is 1.30. The SMILES string of the molecule is CC(C)OC(=O)NC(Cc1ccccc1)C(O)CC(Cc1ccc(OCCN2CCOCC2)cc1)C(=O)NC1c2ccccc2CC1O. The second-order valence-corrected chi connectivity index (χ2v) is 13.0. The van der Waals surface area contributed by atoms with Crippen LogP contribution >= 0.6 is 0 Å². The topological polar surface area (TPSA) is 130 Å². The molecule has 48 heavy (non-hydrogen) atoms. The van der Waals surface area contributed by atoms with E-state index in [-0.39, 0.29) is 18.4 Å². The van der Waals surface area contributed by atoms with E-state index in [4.69, 9.17) is 14.2 Å². The molecule has 2 aliphatic rings. The Hall–Kier alpha value is -3.96. The van der Waals surface area contributed by atoms with Crippen LogP contribution in [0.2, 0.25) is 0 Å². The van der Waals surface area contributed by atoms with Crippen LogP contribution in [-0.2, 0) is 33.5 Å². The second kappa shape index (κ2) is 17.4. The highest BCUT2D eigenvalue weighted by molar-refractivity contribution is 5.80. The van der Waals surface area contributed by atoms with Gasteiger partial charge in [0.15, 0.2) is 0 Å². The molecular weight excluding hydrogens is 610 g/mol. The molecule has 0 bridgehead atoms. The fourth-order valence-corrected chi connectivity index (χ4v) is 6.43. The van der Waals surface area contributed by atoms with Gasteiger partial charge in [-0.1, -0.05) is 66.7 Å². The molecule has 10 heteroatoms. The maximum absolute atomic E-state index is 14.0. The van der Waals surface area contributed by atoms with Gasteiger partial charge in [0.25, 0.3) is 0 Å². The van der Waals surface area contributed by atoms with E-state index in [0.717, 1.165) is 60.9 Å². The van der Waals surface area contributed by atoms with Gasteiger partial charge in [0.2, 0.25) is 5.91 Å². The molecule has 1 aliphatic carbocycles. The third-order valence-electron chi connectivity index (χ3n) is 8.99. The first-order valence-corrected chi connectivity index (χ1v) is 17.0. The summed E-state index contributed by atoms with van der Waals surface area (Å²) in [7, 11) is 0. The first kappa shape index (κ1) is 35.3. The van der Waals surface area contributed by atoms with Crippen LogP contribution in [0.4, 0.5) is 4.79 Å². The fourth-order valence-electron chi connectivity index (χ4n) is 6.43. The van der Waals surface area contributed by atoms with E-state index >= 15 is 0 Å². The Morgan fingerprint density at radius 1 is 0.938 bits per heavy atom. The standard InChI is InChI=1S/C38H49N3O7/c1-26(2)48-38(45)39-33(23-27-8-4-3-5-9-27)34(42)25-30(37(44)40-36-32-11-7-6-10-29(32)24-35(36)43)22-28-12-14-31(15-13-28)47-21-18-41-16-19-46-20-17-41/h3-15,26,30,33-36,42-43H,16-25H2,1-2H3,(H,39,45)(H,40,44). The van der Waals surface area contributed by atoms with E-state index in [1.807, 2.05) is 78.9 Å². The van der Waals surface area contributed by atoms with Gasteiger partial charge in [0, 0.05) is 32.0 Å². The molecule has 3 aromatic rings. The number of amides is 2. The number of benzene rings is 3. The Morgan fingerprint density at radius 2 is 1.62 bits per heavy atom. The van der Waals surface area contributed by atoms with E-state index in [1.54, 1.807) is 13.8 Å². The molecule has 4 N–H and O–H groups in total. The first-order valence-electron chi connectivity index (χ1n) is 17.0. The number of hydrogen-bond donors (Lipinski definition) is 4. The summed E-state index contributed by atoms with van der Waals surface area (Å²) in [4.78, 5) is 29.0. The average Bonchev–Trinajstić information content (AvgIpc) is 3.39. The van der Waals surface area contributed by atoms with E-state index in [9.17, 15) is 19.8 Å². The summed E-state index contributed by atoms with van der Waals surface area (Å²) in [6, 6.07) is 23.7. The molecule has 1 fully saturated rings. The predicted molar refractivity (Wildman–Crippen MR) is 183 cm³/mol. The molecule has 0 aromatic heterocycles. The molecular formula is C38H49N3O7. The number of aliphatic hydroxyl groups is 2. The minimum atomic E-state index is -1.07. The molecule has 1 aliphatic heterocycles. The number of aliphatic hydroxyl groups excluding tert-OH is 2. The van der Waals surface area contributed by atoms with Crippen LogP contribution in [0, 0.1) is 5.92 Å². The molecule has 5 rings (SSSR count). The van der Waals surface area contributed by atoms with Gasteiger partial charge < -0.3 is 35.1 Å². The van der Waals surface area contributed by atoms with E-state index in [0.29, 0.717) is 25.9 Å². The highest BCUT2D eigenvalue weighted by Gasteiger charge is 2.35. The van der Waals surface area contributed by atoms with Crippen molar-refractivity contribution in [2.45, 2.75) is 69.9 Å². The van der Waals surface area contributed by atoms with Crippen molar-refractivity contribution in [1.29, 1.82) is 0 Å². The van der Waals surface area contributed by atoms with Crippen LogP contribution in [0.1, 0.15) is 48.6 Å².